The zero-order chi connectivity index (χ0) is 22.5. The maximum absolute atomic E-state index is 13.3. The lowest BCUT2D eigenvalue weighted by Crippen LogP contribution is -2.21. The number of rotatable bonds is 7. The van der Waals surface area contributed by atoms with Crippen LogP contribution in [0.25, 0.3) is 6.08 Å². The summed E-state index contributed by atoms with van der Waals surface area (Å²) in [5.74, 6) is 0.749. The van der Waals surface area contributed by atoms with Gasteiger partial charge in [-0.1, -0.05) is 35.9 Å². The standard InChI is InChI=1S/C25H21ClN2O3S/c1-2-31-24-15-17(8-13-23(24)29)14-21-22(16-32-20-11-9-18(26)10-12-20)27-28(25(21)30)19-6-4-3-5-7-19/h3-15,29H,2,16H2,1H3/b21-14-. The van der Waals surface area contributed by atoms with Crippen LogP contribution in [0.2, 0.25) is 5.02 Å². The molecule has 162 valence electrons. The number of phenols is 1. The lowest BCUT2D eigenvalue weighted by Gasteiger charge is -2.11. The Labute approximate surface area is 196 Å². The Balaban J connectivity index is 1.67. The van der Waals surface area contributed by atoms with E-state index in [1.807, 2.05) is 61.5 Å². The van der Waals surface area contributed by atoms with Crippen molar-refractivity contribution in [2.75, 3.05) is 17.4 Å². The number of hydrazone groups is 1. The van der Waals surface area contributed by atoms with Crippen LogP contribution >= 0.6 is 23.4 Å². The van der Waals surface area contributed by atoms with Crippen molar-refractivity contribution in [3.8, 4) is 11.5 Å². The summed E-state index contributed by atoms with van der Waals surface area (Å²) in [6, 6.07) is 21.9. The van der Waals surface area contributed by atoms with Gasteiger partial charge in [-0.2, -0.15) is 10.1 Å². The molecule has 1 amide bonds. The van der Waals surface area contributed by atoms with Crippen molar-refractivity contribution in [2.24, 2.45) is 5.10 Å². The molecule has 3 aromatic carbocycles. The van der Waals surface area contributed by atoms with Gasteiger partial charge in [0.1, 0.15) is 0 Å². The molecule has 0 fully saturated rings. The van der Waals surface area contributed by atoms with E-state index in [0.29, 0.717) is 40.1 Å². The van der Waals surface area contributed by atoms with Crippen molar-refractivity contribution in [3.63, 3.8) is 0 Å². The van der Waals surface area contributed by atoms with Crippen LogP contribution in [0, 0.1) is 0 Å². The molecule has 1 aliphatic rings. The SMILES string of the molecule is CCOc1cc(/C=C2\C(=O)N(c3ccccc3)N=C2CSc2ccc(Cl)cc2)ccc1O. The summed E-state index contributed by atoms with van der Waals surface area (Å²) >= 11 is 7.56. The molecule has 0 radical (unpaired) electrons. The highest BCUT2D eigenvalue weighted by atomic mass is 35.5. The highest BCUT2D eigenvalue weighted by molar-refractivity contribution is 8.00. The monoisotopic (exact) mass is 464 g/mol. The number of ether oxygens (including phenoxy) is 1. The van der Waals surface area contributed by atoms with E-state index in [1.165, 1.54) is 5.01 Å². The summed E-state index contributed by atoms with van der Waals surface area (Å²) in [7, 11) is 0. The Hall–Kier alpha value is -3.22. The van der Waals surface area contributed by atoms with E-state index in [4.69, 9.17) is 16.3 Å². The number of halogens is 1. The van der Waals surface area contributed by atoms with Crippen molar-refractivity contribution in [1.29, 1.82) is 0 Å². The molecule has 0 atom stereocenters. The fourth-order valence-corrected chi connectivity index (χ4v) is 4.17. The van der Waals surface area contributed by atoms with E-state index in [9.17, 15) is 9.90 Å². The highest BCUT2D eigenvalue weighted by Gasteiger charge is 2.31. The van der Waals surface area contributed by atoms with Gasteiger partial charge in [0, 0.05) is 15.7 Å². The first-order chi connectivity index (χ1) is 15.5. The van der Waals surface area contributed by atoms with Gasteiger partial charge in [0.15, 0.2) is 11.5 Å². The molecule has 0 unspecified atom stereocenters. The van der Waals surface area contributed by atoms with E-state index < -0.39 is 0 Å². The Morgan fingerprint density at radius 2 is 1.84 bits per heavy atom. The number of carbonyl (C=O) groups excluding carboxylic acids is 1. The van der Waals surface area contributed by atoms with E-state index in [2.05, 4.69) is 5.10 Å². The molecule has 1 heterocycles. The first-order valence-electron chi connectivity index (χ1n) is 10.1. The van der Waals surface area contributed by atoms with Gasteiger partial charge in [0.2, 0.25) is 0 Å². The zero-order valence-corrected chi connectivity index (χ0v) is 18.9. The molecule has 0 bridgehead atoms. The second kappa shape index (κ2) is 9.94. The lowest BCUT2D eigenvalue weighted by atomic mass is 10.1. The molecule has 5 nitrogen and oxygen atoms in total. The van der Waals surface area contributed by atoms with Crippen LogP contribution in [0.5, 0.6) is 11.5 Å². The molecular weight excluding hydrogens is 444 g/mol. The minimum absolute atomic E-state index is 0.0600. The average Bonchev–Trinajstić information content (AvgIpc) is 3.11. The average molecular weight is 465 g/mol. The molecule has 0 aromatic heterocycles. The Morgan fingerprint density at radius 1 is 1.09 bits per heavy atom. The summed E-state index contributed by atoms with van der Waals surface area (Å²) in [6.07, 6.45) is 1.79. The number of nitrogens with zero attached hydrogens (tertiary/aromatic N) is 2. The largest absolute Gasteiger partial charge is 0.504 e. The van der Waals surface area contributed by atoms with E-state index in [1.54, 1.807) is 36.0 Å². The fraction of sp³-hybridized carbons (Fsp3) is 0.120. The number of amides is 1. The maximum atomic E-state index is 13.3. The molecule has 0 spiro atoms. The number of para-hydroxylation sites is 1. The number of phenolic OH excluding ortho intramolecular Hbond substituents is 1. The molecular formula is C25H21ClN2O3S. The van der Waals surface area contributed by atoms with Crippen molar-refractivity contribution in [1.82, 2.24) is 0 Å². The lowest BCUT2D eigenvalue weighted by molar-refractivity contribution is -0.114. The Bertz CT molecular complexity index is 1180. The molecule has 1 aliphatic heterocycles. The Morgan fingerprint density at radius 3 is 2.56 bits per heavy atom. The van der Waals surface area contributed by atoms with Crippen LogP contribution in [-0.2, 0) is 4.79 Å². The van der Waals surface area contributed by atoms with Crippen LogP contribution in [-0.4, -0.2) is 29.1 Å². The van der Waals surface area contributed by atoms with Crippen molar-refractivity contribution in [3.05, 3.63) is 89.0 Å². The summed E-state index contributed by atoms with van der Waals surface area (Å²) in [4.78, 5) is 14.3. The first kappa shape index (κ1) is 22.0. The first-order valence-corrected chi connectivity index (χ1v) is 11.4. The third-order valence-corrected chi connectivity index (χ3v) is 6.01. The second-order valence-corrected chi connectivity index (χ2v) is 8.45. The summed E-state index contributed by atoms with van der Waals surface area (Å²) in [5.41, 5.74) is 2.62. The van der Waals surface area contributed by atoms with E-state index in [-0.39, 0.29) is 11.7 Å². The number of carbonyl (C=O) groups is 1. The molecule has 32 heavy (non-hydrogen) atoms. The molecule has 1 N–H and O–H groups in total. The van der Waals surface area contributed by atoms with Crippen LogP contribution < -0.4 is 9.75 Å². The van der Waals surface area contributed by atoms with Crippen molar-refractivity contribution < 1.29 is 14.6 Å². The predicted molar refractivity (Wildman–Crippen MR) is 131 cm³/mol. The molecule has 4 rings (SSSR count). The van der Waals surface area contributed by atoms with Gasteiger partial charge in [-0.25, -0.2) is 0 Å². The molecule has 3 aromatic rings. The molecule has 7 heteroatoms. The zero-order valence-electron chi connectivity index (χ0n) is 17.4. The Kier molecular flexibility index (Phi) is 6.83. The van der Waals surface area contributed by atoms with Gasteiger partial charge in [0.25, 0.3) is 5.91 Å². The summed E-state index contributed by atoms with van der Waals surface area (Å²) < 4.78 is 5.48. The summed E-state index contributed by atoms with van der Waals surface area (Å²) in [6.45, 7) is 2.28. The molecule has 0 saturated heterocycles. The predicted octanol–water partition coefficient (Wildman–Crippen LogP) is 6.02. The van der Waals surface area contributed by atoms with Gasteiger partial charge in [-0.3, -0.25) is 4.79 Å². The number of hydrogen-bond acceptors (Lipinski definition) is 5. The quantitative estimate of drug-likeness (QED) is 0.343. The van der Waals surface area contributed by atoms with E-state index in [0.717, 1.165) is 10.5 Å². The smallest absolute Gasteiger partial charge is 0.280 e. The van der Waals surface area contributed by atoms with Crippen LogP contribution in [0.15, 0.2) is 88.4 Å². The van der Waals surface area contributed by atoms with Crippen LogP contribution in [0.1, 0.15) is 12.5 Å². The normalized spacial score (nSPS) is 14.7. The molecule has 0 aliphatic carbocycles. The van der Waals surface area contributed by atoms with Crippen LogP contribution in [0.3, 0.4) is 0 Å². The van der Waals surface area contributed by atoms with Gasteiger partial charge < -0.3 is 9.84 Å². The third-order valence-electron chi connectivity index (χ3n) is 4.74. The number of benzene rings is 3. The summed E-state index contributed by atoms with van der Waals surface area (Å²) in [5, 5.41) is 16.7. The highest BCUT2D eigenvalue weighted by Crippen LogP contribution is 2.31. The number of anilines is 1. The van der Waals surface area contributed by atoms with Crippen LogP contribution in [0.4, 0.5) is 5.69 Å². The number of thioether (sulfide) groups is 1. The second-order valence-electron chi connectivity index (χ2n) is 6.96. The fourth-order valence-electron chi connectivity index (χ4n) is 3.19. The minimum Gasteiger partial charge on any atom is -0.504 e. The minimum atomic E-state index is -0.200. The van der Waals surface area contributed by atoms with Gasteiger partial charge in [-0.05, 0) is 67.1 Å². The third kappa shape index (κ3) is 4.98. The van der Waals surface area contributed by atoms with Crippen molar-refractivity contribution >= 4 is 46.7 Å². The molecule has 0 saturated carbocycles. The van der Waals surface area contributed by atoms with Gasteiger partial charge in [0.05, 0.1) is 23.6 Å². The topological polar surface area (TPSA) is 62.1 Å². The van der Waals surface area contributed by atoms with Gasteiger partial charge >= 0.3 is 0 Å². The van der Waals surface area contributed by atoms with Crippen molar-refractivity contribution in [2.45, 2.75) is 11.8 Å². The van der Waals surface area contributed by atoms with E-state index >= 15 is 0 Å². The van der Waals surface area contributed by atoms with Gasteiger partial charge in [-0.15, -0.1) is 11.8 Å². The number of aromatic hydroxyl groups is 1. The number of hydrogen-bond donors (Lipinski definition) is 1. The maximum Gasteiger partial charge on any atom is 0.280 e.